The Labute approximate surface area is 183 Å². The highest BCUT2D eigenvalue weighted by molar-refractivity contribution is 5.77. The number of nitrogens with two attached hydrogens (primary N) is 1. The molecule has 2 aromatic rings. The van der Waals surface area contributed by atoms with E-state index < -0.39 is 60.0 Å². The van der Waals surface area contributed by atoms with Gasteiger partial charge in [0, 0.05) is 6.07 Å². The number of carbonyl (C=O) groups is 2. The lowest BCUT2D eigenvalue weighted by atomic mass is 9.96. The first kappa shape index (κ1) is 23.5. The van der Waals surface area contributed by atoms with E-state index in [0.29, 0.717) is 0 Å². The number of rotatable bonds is 7. The number of carbonyl (C=O) groups excluding carboxylic acids is 2. The monoisotopic (exact) mass is 450 g/mol. The standard InChI is InChI=1S/C21H27FN4O6/c1-6-21(8-30-19(28)10(2)3)16(31-20(29)11(4)5)14(22)18(32-21)26-9-24-15-12(26)7-13(23)25-17(15)27/h6-7,9-11,14,16,18H,1,8H2,2-5H3,(H3,23,25,27)/t14-,16+,18-,21-/m1/s1. The molecule has 1 aliphatic rings. The Morgan fingerprint density at radius 1 is 1.38 bits per heavy atom. The second-order valence-electron chi connectivity index (χ2n) is 8.33. The molecule has 1 saturated heterocycles. The average molecular weight is 450 g/mol. The number of H-pyrrole nitrogens is 1. The molecule has 2 aromatic heterocycles. The van der Waals surface area contributed by atoms with Gasteiger partial charge in [0.05, 0.1) is 23.7 Å². The van der Waals surface area contributed by atoms with Crippen molar-refractivity contribution in [3.63, 3.8) is 0 Å². The van der Waals surface area contributed by atoms with Gasteiger partial charge in [0.2, 0.25) is 0 Å². The zero-order valence-electron chi connectivity index (χ0n) is 18.3. The summed E-state index contributed by atoms with van der Waals surface area (Å²) >= 11 is 0. The summed E-state index contributed by atoms with van der Waals surface area (Å²) in [5, 5.41) is 0. The molecule has 10 nitrogen and oxygen atoms in total. The molecule has 3 rings (SSSR count). The van der Waals surface area contributed by atoms with E-state index in [1.807, 2.05) is 0 Å². The fourth-order valence-electron chi connectivity index (χ4n) is 3.37. The number of alkyl halides is 1. The Balaban J connectivity index is 2.04. The van der Waals surface area contributed by atoms with Crippen LogP contribution in [0.25, 0.3) is 11.0 Å². The number of pyridine rings is 1. The maximum absolute atomic E-state index is 15.8. The van der Waals surface area contributed by atoms with Crippen molar-refractivity contribution in [3.05, 3.63) is 35.4 Å². The summed E-state index contributed by atoms with van der Waals surface area (Å²) in [5.74, 6) is -2.09. The minimum Gasteiger partial charge on any atom is -0.462 e. The van der Waals surface area contributed by atoms with Gasteiger partial charge in [-0.2, -0.15) is 0 Å². The predicted molar refractivity (Wildman–Crippen MR) is 113 cm³/mol. The van der Waals surface area contributed by atoms with E-state index in [1.54, 1.807) is 27.7 Å². The number of hydrogen-bond acceptors (Lipinski definition) is 8. The highest BCUT2D eigenvalue weighted by Crippen LogP contribution is 2.43. The minimum atomic E-state index is -1.90. The van der Waals surface area contributed by atoms with Gasteiger partial charge in [-0.1, -0.05) is 40.3 Å². The highest BCUT2D eigenvalue weighted by Gasteiger charge is 2.58. The van der Waals surface area contributed by atoms with Crippen molar-refractivity contribution in [1.82, 2.24) is 14.5 Å². The Morgan fingerprint density at radius 2 is 2.03 bits per heavy atom. The van der Waals surface area contributed by atoms with E-state index >= 15 is 4.39 Å². The van der Waals surface area contributed by atoms with Crippen molar-refractivity contribution in [1.29, 1.82) is 0 Å². The minimum absolute atomic E-state index is 0.0352. The van der Waals surface area contributed by atoms with Crippen LogP contribution in [-0.2, 0) is 23.8 Å². The van der Waals surface area contributed by atoms with Crippen LogP contribution >= 0.6 is 0 Å². The molecule has 1 fully saturated rings. The number of fused-ring (bicyclic) bond motifs is 1. The van der Waals surface area contributed by atoms with Gasteiger partial charge in [0.25, 0.3) is 5.56 Å². The molecule has 11 heteroatoms. The molecular formula is C21H27FN4O6. The number of aromatic nitrogens is 3. The van der Waals surface area contributed by atoms with Crippen LogP contribution in [0.3, 0.4) is 0 Å². The van der Waals surface area contributed by atoms with E-state index in [-0.39, 0.29) is 16.9 Å². The van der Waals surface area contributed by atoms with Crippen molar-refractivity contribution in [2.24, 2.45) is 11.8 Å². The highest BCUT2D eigenvalue weighted by atomic mass is 19.1. The fraction of sp³-hybridized carbons (Fsp3) is 0.524. The third-order valence-corrected chi connectivity index (χ3v) is 5.23. The zero-order valence-corrected chi connectivity index (χ0v) is 18.3. The summed E-state index contributed by atoms with van der Waals surface area (Å²) in [5.41, 5.74) is 3.78. The number of esters is 2. The van der Waals surface area contributed by atoms with E-state index in [0.717, 1.165) is 0 Å². The van der Waals surface area contributed by atoms with E-state index in [4.69, 9.17) is 19.9 Å². The van der Waals surface area contributed by atoms with Crippen molar-refractivity contribution >= 4 is 28.8 Å². The summed E-state index contributed by atoms with van der Waals surface area (Å²) in [6.07, 6.45) is -2.23. The lowest BCUT2D eigenvalue weighted by molar-refractivity contribution is -0.172. The molecule has 1 aliphatic heterocycles. The molecule has 0 bridgehead atoms. The average Bonchev–Trinajstić information content (AvgIpc) is 3.26. The Morgan fingerprint density at radius 3 is 2.62 bits per heavy atom. The quantitative estimate of drug-likeness (QED) is 0.481. The Kier molecular flexibility index (Phi) is 6.40. The van der Waals surface area contributed by atoms with Crippen LogP contribution in [0.15, 0.2) is 29.8 Å². The number of hydrogen-bond donors (Lipinski definition) is 2. The van der Waals surface area contributed by atoms with Gasteiger partial charge in [-0.3, -0.25) is 14.4 Å². The molecule has 0 unspecified atom stereocenters. The van der Waals surface area contributed by atoms with Gasteiger partial charge in [0.1, 0.15) is 12.4 Å². The summed E-state index contributed by atoms with van der Waals surface area (Å²) in [4.78, 5) is 42.9. The predicted octanol–water partition coefficient (Wildman–Crippen LogP) is 1.87. The largest absolute Gasteiger partial charge is 0.462 e. The molecule has 0 spiro atoms. The number of nitrogens with one attached hydrogen (secondary N) is 1. The van der Waals surface area contributed by atoms with Crippen molar-refractivity contribution in [3.8, 4) is 0 Å². The summed E-state index contributed by atoms with van der Waals surface area (Å²) < 4.78 is 33.8. The van der Waals surface area contributed by atoms with Gasteiger partial charge in [-0.15, -0.1) is 0 Å². The summed E-state index contributed by atoms with van der Waals surface area (Å²) in [6, 6.07) is 1.42. The first-order valence-electron chi connectivity index (χ1n) is 10.2. The first-order chi connectivity index (χ1) is 15.0. The van der Waals surface area contributed by atoms with Crippen molar-refractivity contribution in [2.45, 2.75) is 51.8 Å². The lowest BCUT2D eigenvalue weighted by Gasteiger charge is -2.31. The van der Waals surface area contributed by atoms with Crippen LogP contribution in [0.1, 0.15) is 33.9 Å². The molecule has 0 aliphatic carbocycles. The number of nitrogens with zero attached hydrogens (tertiary/aromatic N) is 2. The first-order valence-corrected chi connectivity index (χ1v) is 10.2. The molecule has 174 valence electrons. The SMILES string of the molecule is C=C[C@]1(COC(=O)C(C)C)O[C@@H](n2cnc3c(=O)[nH]c(N)cc32)[C@H](F)[C@@H]1OC(=O)C(C)C. The van der Waals surface area contributed by atoms with Crippen molar-refractivity contribution in [2.75, 3.05) is 12.3 Å². The molecule has 0 amide bonds. The maximum Gasteiger partial charge on any atom is 0.308 e. The molecule has 3 heterocycles. The molecule has 4 atom stereocenters. The summed E-state index contributed by atoms with van der Waals surface area (Å²) in [6.45, 7) is 9.80. The van der Waals surface area contributed by atoms with E-state index in [2.05, 4.69) is 16.5 Å². The van der Waals surface area contributed by atoms with Gasteiger partial charge in [-0.25, -0.2) is 9.37 Å². The maximum atomic E-state index is 15.8. The Bertz CT molecular complexity index is 1090. The molecular weight excluding hydrogens is 423 g/mol. The van der Waals surface area contributed by atoms with Crippen LogP contribution in [0, 0.1) is 11.8 Å². The van der Waals surface area contributed by atoms with Crippen LogP contribution in [0.4, 0.5) is 10.2 Å². The van der Waals surface area contributed by atoms with Crippen LogP contribution < -0.4 is 11.3 Å². The van der Waals surface area contributed by atoms with Gasteiger partial charge in [0.15, 0.2) is 29.6 Å². The number of halogens is 1. The molecule has 32 heavy (non-hydrogen) atoms. The van der Waals surface area contributed by atoms with Gasteiger partial charge >= 0.3 is 11.9 Å². The number of anilines is 1. The normalized spacial score (nSPS) is 25.4. The van der Waals surface area contributed by atoms with Crippen LogP contribution in [0.2, 0.25) is 0 Å². The molecule has 0 saturated carbocycles. The van der Waals surface area contributed by atoms with Gasteiger partial charge in [-0.05, 0) is 0 Å². The zero-order chi connectivity index (χ0) is 23.8. The Hall–Kier alpha value is -3.21. The summed E-state index contributed by atoms with van der Waals surface area (Å²) in [7, 11) is 0. The van der Waals surface area contributed by atoms with Crippen LogP contribution in [0.5, 0.6) is 0 Å². The van der Waals surface area contributed by atoms with Gasteiger partial charge < -0.3 is 29.5 Å². The molecule has 0 radical (unpaired) electrons. The second-order valence-corrected chi connectivity index (χ2v) is 8.33. The smallest absolute Gasteiger partial charge is 0.308 e. The fourth-order valence-corrected chi connectivity index (χ4v) is 3.37. The van der Waals surface area contributed by atoms with E-state index in [9.17, 15) is 14.4 Å². The number of imidazole rings is 1. The van der Waals surface area contributed by atoms with Crippen molar-refractivity contribution < 1.29 is 28.2 Å². The van der Waals surface area contributed by atoms with Crippen LogP contribution in [-0.4, -0.2) is 51.0 Å². The molecule has 0 aromatic carbocycles. The lowest BCUT2D eigenvalue weighted by Crippen LogP contribution is -2.48. The molecule has 3 N–H and O–H groups in total. The topological polar surface area (TPSA) is 139 Å². The third kappa shape index (κ3) is 4.12. The third-order valence-electron chi connectivity index (χ3n) is 5.23. The number of ether oxygens (including phenoxy) is 3. The second kappa shape index (κ2) is 8.73. The number of nitrogen functional groups attached to an aromatic ring is 1. The van der Waals surface area contributed by atoms with E-state index in [1.165, 1.54) is 23.0 Å². The number of aromatic amines is 1.